The first-order valence-corrected chi connectivity index (χ1v) is 9.89. The molecule has 0 amide bonds. The van der Waals surface area contributed by atoms with E-state index in [2.05, 4.69) is 38.2 Å². The third-order valence-corrected chi connectivity index (χ3v) is 4.70. The molecule has 156 valence electrons. The molecule has 0 aliphatic rings. The first-order chi connectivity index (χ1) is 13.8. The fourth-order valence-corrected chi connectivity index (χ4v) is 3.18. The molecule has 0 fully saturated rings. The highest BCUT2D eigenvalue weighted by molar-refractivity contribution is 14.0. The molecule has 1 aromatic heterocycles. The zero-order valence-electron chi connectivity index (χ0n) is 16.8. The molecular weight excluding hydrogens is 477 g/mol. The summed E-state index contributed by atoms with van der Waals surface area (Å²) in [6.45, 7) is 5.19. The zero-order valence-corrected chi connectivity index (χ0v) is 19.1. The van der Waals surface area contributed by atoms with Crippen LogP contribution in [0.3, 0.4) is 0 Å². The second-order valence-corrected chi connectivity index (χ2v) is 6.72. The Morgan fingerprint density at radius 2 is 1.86 bits per heavy atom. The highest BCUT2D eigenvalue weighted by Gasteiger charge is 2.10. The number of imidazole rings is 1. The van der Waals surface area contributed by atoms with Gasteiger partial charge in [0.2, 0.25) is 0 Å². The fourth-order valence-electron chi connectivity index (χ4n) is 3.18. The Morgan fingerprint density at radius 1 is 1.10 bits per heavy atom. The van der Waals surface area contributed by atoms with Crippen molar-refractivity contribution in [2.24, 2.45) is 4.99 Å². The van der Waals surface area contributed by atoms with Gasteiger partial charge >= 0.3 is 0 Å². The predicted molar refractivity (Wildman–Crippen MR) is 130 cm³/mol. The van der Waals surface area contributed by atoms with Crippen molar-refractivity contribution < 1.29 is 5.11 Å². The van der Waals surface area contributed by atoms with Gasteiger partial charge in [0.25, 0.3) is 0 Å². The van der Waals surface area contributed by atoms with Crippen molar-refractivity contribution in [1.82, 2.24) is 20.2 Å². The van der Waals surface area contributed by atoms with Gasteiger partial charge in [-0.05, 0) is 31.0 Å². The lowest BCUT2D eigenvalue weighted by atomic mass is 10.0. The largest absolute Gasteiger partial charge is 0.396 e. The molecule has 3 N–H and O–H groups in total. The molecule has 0 radical (unpaired) electrons. The lowest BCUT2D eigenvalue weighted by Gasteiger charge is -2.15. The number of aromatic nitrogens is 2. The lowest BCUT2D eigenvalue weighted by Crippen LogP contribution is -2.38. The van der Waals surface area contributed by atoms with Gasteiger partial charge in [-0.3, -0.25) is 4.99 Å². The maximum absolute atomic E-state index is 9.71. The fraction of sp³-hybridized carbons (Fsp3) is 0.364. The summed E-state index contributed by atoms with van der Waals surface area (Å²) in [5, 5.41) is 16.4. The number of para-hydroxylation sites is 2. The van der Waals surface area contributed by atoms with Gasteiger partial charge in [-0.15, -0.1) is 24.0 Å². The minimum atomic E-state index is 0. The average molecular weight is 507 g/mol. The monoisotopic (exact) mass is 507 g/mol. The molecule has 0 spiro atoms. The summed E-state index contributed by atoms with van der Waals surface area (Å²) in [5.41, 5.74) is 3.30. The van der Waals surface area contributed by atoms with Crippen LogP contribution >= 0.6 is 24.0 Å². The number of hydrogen-bond donors (Lipinski definition) is 3. The Balaban J connectivity index is 0.00000300. The summed E-state index contributed by atoms with van der Waals surface area (Å²) in [7, 11) is 0. The van der Waals surface area contributed by atoms with Crippen LogP contribution in [-0.4, -0.2) is 46.9 Å². The minimum absolute atomic E-state index is 0. The number of hydrogen-bond acceptors (Lipinski definition) is 3. The van der Waals surface area contributed by atoms with Crippen LogP contribution in [0.5, 0.6) is 0 Å². The van der Waals surface area contributed by atoms with Crippen LogP contribution in [0.2, 0.25) is 0 Å². The molecule has 0 aliphatic carbocycles. The van der Waals surface area contributed by atoms with Crippen LogP contribution in [0, 0.1) is 0 Å². The Hall–Kier alpha value is -2.13. The van der Waals surface area contributed by atoms with E-state index >= 15 is 0 Å². The molecular formula is C22H30IN5O. The third kappa shape index (κ3) is 6.71. The number of nitrogens with one attached hydrogen (secondary N) is 2. The van der Waals surface area contributed by atoms with Gasteiger partial charge in [0.05, 0.1) is 30.5 Å². The number of fused-ring (bicyclic) bond motifs is 1. The number of aryl methyl sites for hydroxylation is 1. The molecule has 0 aliphatic heterocycles. The van der Waals surface area contributed by atoms with Crippen LogP contribution in [0.15, 0.2) is 65.9 Å². The van der Waals surface area contributed by atoms with E-state index in [-0.39, 0.29) is 36.5 Å². The topological polar surface area (TPSA) is 74.5 Å². The molecule has 1 atom stereocenters. The third-order valence-electron chi connectivity index (χ3n) is 4.70. The highest BCUT2D eigenvalue weighted by atomic mass is 127. The van der Waals surface area contributed by atoms with Crippen molar-refractivity contribution in [1.29, 1.82) is 0 Å². The molecule has 3 aromatic rings. The van der Waals surface area contributed by atoms with Crippen molar-refractivity contribution >= 4 is 41.0 Å². The summed E-state index contributed by atoms with van der Waals surface area (Å²) < 4.78 is 2.18. The van der Waals surface area contributed by atoms with E-state index in [0.717, 1.165) is 48.6 Å². The van der Waals surface area contributed by atoms with E-state index in [0.29, 0.717) is 6.54 Å². The van der Waals surface area contributed by atoms with Gasteiger partial charge in [-0.1, -0.05) is 42.5 Å². The first-order valence-electron chi connectivity index (χ1n) is 9.89. The molecule has 1 unspecified atom stereocenters. The van der Waals surface area contributed by atoms with E-state index in [4.69, 9.17) is 0 Å². The maximum Gasteiger partial charge on any atom is 0.191 e. The molecule has 1 heterocycles. The summed E-state index contributed by atoms with van der Waals surface area (Å²) in [4.78, 5) is 9.09. The SMILES string of the molecule is CCNC(=NCC(CO)c1ccccc1)NCCCn1cnc2ccccc21.I. The van der Waals surface area contributed by atoms with Crippen molar-refractivity contribution in [3.63, 3.8) is 0 Å². The van der Waals surface area contributed by atoms with Crippen molar-refractivity contribution in [2.45, 2.75) is 25.8 Å². The first kappa shape index (κ1) is 23.2. The number of rotatable bonds is 9. The van der Waals surface area contributed by atoms with Gasteiger partial charge < -0.3 is 20.3 Å². The van der Waals surface area contributed by atoms with Gasteiger partial charge in [0.15, 0.2) is 5.96 Å². The van der Waals surface area contributed by atoms with Gasteiger partial charge in [0.1, 0.15) is 0 Å². The standard InChI is InChI=1S/C22H29N5O.HI/c1-2-23-22(25-15-19(16-28)18-9-4-3-5-10-18)24-13-8-14-27-17-26-20-11-6-7-12-21(20)27;/h3-7,9-12,17,19,28H,2,8,13-16H2,1H3,(H2,23,24,25);1H. The highest BCUT2D eigenvalue weighted by Crippen LogP contribution is 2.15. The smallest absolute Gasteiger partial charge is 0.191 e. The molecule has 2 aromatic carbocycles. The lowest BCUT2D eigenvalue weighted by molar-refractivity contribution is 0.268. The number of benzene rings is 2. The number of aliphatic hydroxyl groups excluding tert-OH is 1. The quantitative estimate of drug-likeness (QED) is 0.180. The van der Waals surface area contributed by atoms with Crippen LogP contribution in [-0.2, 0) is 6.54 Å². The molecule has 0 bridgehead atoms. The Morgan fingerprint density at radius 3 is 2.62 bits per heavy atom. The Bertz CT molecular complexity index is 881. The number of halogens is 1. The summed E-state index contributed by atoms with van der Waals surface area (Å²) in [6, 6.07) is 18.2. The van der Waals surface area contributed by atoms with Crippen molar-refractivity contribution in [3.05, 3.63) is 66.5 Å². The van der Waals surface area contributed by atoms with E-state index in [9.17, 15) is 5.11 Å². The normalized spacial score (nSPS) is 12.4. The number of guanidine groups is 1. The van der Waals surface area contributed by atoms with E-state index < -0.39 is 0 Å². The minimum Gasteiger partial charge on any atom is -0.396 e. The Labute approximate surface area is 189 Å². The summed E-state index contributed by atoms with van der Waals surface area (Å²) in [5.74, 6) is 0.793. The van der Waals surface area contributed by atoms with Crippen LogP contribution < -0.4 is 10.6 Å². The summed E-state index contributed by atoms with van der Waals surface area (Å²) in [6.07, 6.45) is 2.86. The number of aliphatic imine (C=N–C) groups is 1. The predicted octanol–water partition coefficient (Wildman–Crippen LogP) is 3.38. The molecule has 29 heavy (non-hydrogen) atoms. The van der Waals surface area contributed by atoms with Crippen molar-refractivity contribution in [2.75, 3.05) is 26.2 Å². The van der Waals surface area contributed by atoms with Crippen LogP contribution in [0.1, 0.15) is 24.8 Å². The average Bonchev–Trinajstić information content (AvgIpc) is 3.15. The Kier molecular flexibility index (Phi) is 9.93. The number of aliphatic hydroxyl groups is 1. The molecule has 3 rings (SSSR count). The maximum atomic E-state index is 9.71. The zero-order chi connectivity index (χ0) is 19.6. The second-order valence-electron chi connectivity index (χ2n) is 6.72. The molecule has 7 heteroatoms. The molecule has 0 saturated heterocycles. The summed E-state index contributed by atoms with van der Waals surface area (Å²) >= 11 is 0. The molecule has 0 saturated carbocycles. The van der Waals surface area contributed by atoms with E-state index in [1.165, 1.54) is 0 Å². The second kappa shape index (κ2) is 12.4. The number of nitrogens with zero attached hydrogens (tertiary/aromatic N) is 3. The van der Waals surface area contributed by atoms with E-state index in [1.54, 1.807) is 0 Å². The van der Waals surface area contributed by atoms with E-state index in [1.807, 2.05) is 54.9 Å². The van der Waals surface area contributed by atoms with Gasteiger partial charge in [0, 0.05) is 25.6 Å². The van der Waals surface area contributed by atoms with Gasteiger partial charge in [-0.25, -0.2) is 4.98 Å². The van der Waals surface area contributed by atoms with Crippen LogP contribution in [0.25, 0.3) is 11.0 Å². The van der Waals surface area contributed by atoms with Gasteiger partial charge in [-0.2, -0.15) is 0 Å². The van der Waals surface area contributed by atoms with Crippen molar-refractivity contribution in [3.8, 4) is 0 Å². The molecule has 6 nitrogen and oxygen atoms in total. The van der Waals surface area contributed by atoms with Crippen LogP contribution in [0.4, 0.5) is 0 Å².